The molecule has 0 bridgehead atoms. The molecule has 1 aromatic heterocycles. The van der Waals surface area contributed by atoms with Gasteiger partial charge in [-0.3, -0.25) is 9.78 Å². The molecule has 3 aromatic carbocycles. The minimum absolute atomic E-state index is 0.0738. The van der Waals surface area contributed by atoms with Gasteiger partial charge in [0.25, 0.3) is 5.91 Å². The van der Waals surface area contributed by atoms with E-state index in [1.165, 1.54) is 5.56 Å². The van der Waals surface area contributed by atoms with Crippen LogP contribution in [0.4, 0.5) is 0 Å². The van der Waals surface area contributed by atoms with Crippen LogP contribution in [-0.2, 0) is 13.0 Å². The van der Waals surface area contributed by atoms with E-state index in [-0.39, 0.29) is 5.91 Å². The maximum atomic E-state index is 12.6. The molecule has 4 aromatic rings. The van der Waals surface area contributed by atoms with Gasteiger partial charge in [-0.05, 0) is 71.3 Å². The van der Waals surface area contributed by atoms with Gasteiger partial charge in [0.15, 0.2) is 0 Å². The van der Waals surface area contributed by atoms with Gasteiger partial charge in [0.05, 0.1) is 6.61 Å². The molecular formula is C27H26N2O2. The lowest BCUT2D eigenvalue weighted by molar-refractivity contribution is 0.0951. The molecule has 0 radical (unpaired) electrons. The first kappa shape index (κ1) is 20.6. The van der Waals surface area contributed by atoms with Gasteiger partial charge in [-0.15, -0.1) is 0 Å². The monoisotopic (exact) mass is 410 g/mol. The molecule has 0 fully saturated rings. The molecule has 1 amide bonds. The van der Waals surface area contributed by atoms with E-state index >= 15 is 0 Å². The summed E-state index contributed by atoms with van der Waals surface area (Å²) in [5, 5.41) is 5.19. The molecule has 1 heterocycles. The van der Waals surface area contributed by atoms with E-state index in [2.05, 4.69) is 41.5 Å². The van der Waals surface area contributed by atoms with Crippen molar-refractivity contribution in [1.82, 2.24) is 10.3 Å². The lowest BCUT2D eigenvalue weighted by Gasteiger charge is -2.13. The fourth-order valence-electron chi connectivity index (χ4n) is 3.72. The highest BCUT2D eigenvalue weighted by Crippen LogP contribution is 2.31. The van der Waals surface area contributed by atoms with Crippen molar-refractivity contribution in [2.75, 3.05) is 6.61 Å². The van der Waals surface area contributed by atoms with Crippen LogP contribution in [0.15, 0.2) is 79.1 Å². The van der Waals surface area contributed by atoms with E-state index in [9.17, 15) is 4.79 Å². The van der Waals surface area contributed by atoms with E-state index in [0.29, 0.717) is 18.7 Å². The van der Waals surface area contributed by atoms with Crippen molar-refractivity contribution in [2.24, 2.45) is 0 Å². The summed E-state index contributed by atoms with van der Waals surface area (Å²) in [5.74, 6) is 0.791. The summed E-state index contributed by atoms with van der Waals surface area (Å²) in [4.78, 5) is 16.9. The van der Waals surface area contributed by atoms with Crippen molar-refractivity contribution < 1.29 is 9.53 Å². The van der Waals surface area contributed by atoms with Crippen LogP contribution in [0.3, 0.4) is 0 Å². The molecule has 0 aliphatic rings. The normalized spacial score (nSPS) is 10.8. The summed E-state index contributed by atoms with van der Waals surface area (Å²) < 4.78 is 5.56. The zero-order chi connectivity index (χ0) is 21.6. The topological polar surface area (TPSA) is 51.2 Å². The number of hydrogen-bond donors (Lipinski definition) is 1. The first-order valence-electron chi connectivity index (χ1n) is 10.7. The minimum Gasteiger partial charge on any atom is -0.494 e. The Morgan fingerprint density at radius 3 is 2.39 bits per heavy atom. The van der Waals surface area contributed by atoms with Crippen LogP contribution in [0.1, 0.15) is 35.3 Å². The van der Waals surface area contributed by atoms with Crippen LogP contribution in [0.2, 0.25) is 0 Å². The number of nitrogens with zero attached hydrogens (tertiary/aromatic N) is 1. The number of ether oxygens (including phenoxy) is 1. The van der Waals surface area contributed by atoms with Crippen LogP contribution in [0.25, 0.3) is 21.9 Å². The molecule has 0 unspecified atom stereocenters. The van der Waals surface area contributed by atoms with Crippen molar-refractivity contribution in [3.05, 3.63) is 95.8 Å². The molecule has 0 spiro atoms. The fourth-order valence-corrected chi connectivity index (χ4v) is 3.72. The van der Waals surface area contributed by atoms with Gasteiger partial charge in [0.2, 0.25) is 0 Å². The van der Waals surface area contributed by atoms with E-state index in [1.807, 2.05) is 55.6 Å². The zero-order valence-corrected chi connectivity index (χ0v) is 17.9. The third-order valence-corrected chi connectivity index (χ3v) is 5.45. The summed E-state index contributed by atoms with van der Waals surface area (Å²) in [6.45, 7) is 5.18. The highest BCUT2D eigenvalue weighted by atomic mass is 16.5. The van der Waals surface area contributed by atoms with Gasteiger partial charge in [-0.25, -0.2) is 0 Å². The number of amides is 1. The Labute approximate surface area is 182 Å². The minimum atomic E-state index is -0.0738. The van der Waals surface area contributed by atoms with E-state index in [0.717, 1.165) is 39.6 Å². The maximum Gasteiger partial charge on any atom is 0.251 e. The smallest absolute Gasteiger partial charge is 0.251 e. The Bertz CT molecular complexity index is 1180. The van der Waals surface area contributed by atoms with Crippen LogP contribution in [0, 0.1) is 0 Å². The van der Waals surface area contributed by atoms with Crippen LogP contribution in [0.5, 0.6) is 5.75 Å². The SMILES string of the molecule is CCOc1ccc(-c2ccc(CNC(=O)c3ccc(CC)cc3)c3cnccc23)cc1. The van der Waals surface area contributed by atoms with Crippen LogP contribution < -0.4 is 10.1 Å². The number of hydrogen-bond acceptors (Lipinski definition) is 3. The molecule has 156 valence electrons. The average Bonchev–Trinajstić information content (AvgIpc) is 2.83. The molecule has 4 nitrogen and oxygen atoms in total. The van der Waals surface area contributed by atoms with E-state index in [4.69, 9.17) is 4.74 Å². The molecule has 0 saturated heterocycles. The molecule has 0 saturated carbocycles. The average molecular weight is 411 g/mol. The Morgan fingerprint density at radius 2 is 1.68 bits per heavy atom. The van der Waals surface area contributed by atoms with Crippen molar-refractivity contribution in [3.63, 3.8) is 0 Å². The number of aromatic nitrogens is 1. The first-order chi connectivity index (χ1) is 15.2. The second-order valence-corrected chi connectivity index (χ2v) is 7.38. The summed E-state index contributed by atoms with van der Waals surface area (Å²) >= 11 is 0. The molecule has 4 heteroatoms. The van der Waals surface area contributed by atoms with Crippen molar-refractivity contribution in [2.45, 2.75) is 26.8 Å². The van der Waals surface area contributed by atoms with Crippen molar-refractivity contribution in [3.8, 4) is 16.9 Å². The predicted octanol–water partition coefficient (Wildman–Crippen LogP) is 5.79. The van der Waals surface area contributed by atoms with Gasteiger partial charge >= 0.3 is 0 Å². The zero-order valence-electron chi connectivity index (χ0n) is 17.9. The number of pyridine rings is 1. The number of benzene rings is 3. The molecular weight excluding hydrogens is 384 g/mol. The second kappa shape index (κ2) is 9.43. The first-order valence-corrected chi connectivity index (χ1v) is 10.7. The summed E-state index contributed by atoms with van der Waals surface area (Å²) in [5.41, 5.74) is 5.18. The van der Waals surface area contributed by atoms with Crippen molar-refractivity contribution in [1.29, 1.82) is 0 Å². The lowest BCUT2D eigenvalue weighted by Crippen LogP contribution is -2.22. The third kappa shape index (κ3) is 4.58. The standard InChI is InChI=1S/C27H26N2O2/c1-3-19-5-7-21(8-6-19)27(30)29-17-22-11-14-24(25-15-16-28-18-26(22)25)20-9-12-23(13-10-20)31-4-2/h5-16,18H,3-4,17H2,1-2H3,(H,29,30). The summed E-state index contributed by atoms with van der Waals surface area (Å²) in [6.07, 6.45) is 4.63. The lowest BCUT2D eigenvalue weighted by atomic mass is 9.96. The molecule has 4 rings (SSSR count). The Hall–Kier alpha value is -3.66. The van der Waals surface area contributed by atoms with Gasteiger partial charge in [-0.2, -0.15) is 0 Å². The van der Waals surface area contributed by atoms with E-state index < -0.39 is 0 Å². The fraction of sp³-hybridized carbons (Fsp3) is 0.185. The number of aryl methyl sites for hydroxylation is 1. The molecule has 1 N–H and O–H groups in total. The van der Waals surface area contributed by atoms with Gasteiger partial charge < -0.3 is 10.1 Å². The predicted molar refractivity (Wildman–Crippen MR) is 125 cm³/mol. The highest BCUT2D eigenvalue weighted by Gasteiger charge is 2.10. The van der Waals surface area contributed by atoms with Gasteiger partial charge in [0, 0.05) is 29.9 Å². The van der Waals surface area contributed by atoms with Gasteiger partial charge in [0.1, 0.15) is 5.75 Å². The Morgan fingerprint density at radius 1 is 0.903 bits per heavy atom. The largest absolute Gasteiger partial charge is 0.494 e. The van der Waals surface area contributed by atoms with Crippen LogP contribution in [-0.4, -0.2) is 17.5 Å². The quantitative estimate of drug-likeness (QED) is 0.419. The molecule has 0 aliphatic heterocycles. The Balaban J connectivity index is 1.58. The number of nitrogens with one attached hydrogen (secondary N) is 1. The second-order valence-electron chi connectivity index (χ2n) is 7.38. The summed E-state index contributed by atoms with van der Waals surface area (Å²) in [6, 6.07) is 22.1. The maximum absolute atomic E-state index is 12.6. The molecule has 0 atom stereocenters. The number of rotatable bonds is 7. The third-order valence-electron chi connectivity index (χ3n) is 5.45. The molecule has 31 heavy (non-hydrogen) atoms. The van der Waals surface area contributed by atoms with E-state index in [1.54, 1.807) is 6.20 Å². The van der Waals surface area contributed by atoms with Gasteiger partial charge in [-0.1, -0.05) is 43.3 Å². The summed E-state index contributed by atoms with van der Waals surface area (Å²) in [7, 11) is 0. The Kier molecular flexibility index (Phi) is 6.27. The number of carbonyl (C=O) groups excluding carboxylic acids is 1. The number of carbonyl (C=O) groups is 1. The van der Waals surface area contributed by atoms with Crippen molar-refractivity contribution >= 4 is 16.7 Å². The number of fused-ring (bicyclic) bond motifs is 1. The van der Waals surface area contributed by atoms with Crippen LogP contribution >= 0.6 is 0 Å². The molecule has 0 aliphatic carbocycles. The highest BCUT2D eigenvalue weighted by molar-refractivity contribution is 5.99.